The number of nitrogens with one attached hydrogen (secondary N) is 1. The van der Waals surface area contributed by atoms with Gasteiger partial charge in [-0.1, -0.05) is 0 Å². The van der Waals surface area contributed by atoms with Crippen LogP contribution in [-0.2, 0) is 14.3 Å². The highest BCUT2D eigenvalue weighted by atomic mass is 16.5. The highest BCUT2D eigenvalue weighted by Gasteiger charge is 2.33. The first-order valence-electron chi connectivity index (χ1n) is 5.71. The van der Waals surface area contributed by atoms with E-state index in [4.69, 9.17) is 0 Å². The summed E-state index contributed by atoms with van der Waals surface area (Å²) in [6.07, 6.45) is 2.96. The van der Waals surface area contributed by atoms with E-state index in [0.29, 0.717) is 5.56 Å². The molecule has 1 fully saturated rings. The minimum absolute atomic E-state index is 0.0174. The number of hydrogen-bond donors (Lipinski definition) is 1. The molecular formula is C12H13N3O4. The lowest BCUT2D eigenvalue weighted by molar-refractivity contribution is -0.151. The number of ether oxygens (including phenoxy) is 1. The quantitative estimate of drug-likeness (QED) is 0.743. The molecule has 0 aromatic carbocycles. The number of rotatable bonds is 2. The van der Waals surface area contributed by atoms with E-state index < -0.39 is 17.8 Å². The Bertz CT molecular complexity index is 503. The topological polar surface area (TPSA) is 88.6 Å². The summed E-state index contributed by atoms with van der Waals surface area (Å²) in [6.45, 7) is 0.0894. The third kappa shape index (κ3) is 2.87. The van der Waals surface area contributed by atoms with Gasteiger partial charge in [-0.15, -0.1) is 0 Å². The van der Waals surface area contributed by atoms with E-state index in [-0.39, 0.29) is 18.9 Å². The second-order valence-electron chi connectivity index (χ2n) is 4.12. The van der Waals surface area contributed by atoms with Crippen molar-refractivity contribution in [2.75, 3.05) is 13.7 Å². The van der Waals surface area contributed by atoms with E-state index in [0.717, 1.165) is 5.01 Å². The molecule has 0 radical (unpaired) electrons. The van der Waals surface area contributed by atoms with Crippen LogP contribution < -0.4 is 5.43 Å². The molecule has 1 aromatic rings. The van der Waals surface area contributed by atoms with Crippen LogP contribution in [0.5, 0.6) is 0 Å². The van der Waals surface area contributed by atoms with E-state index in [1.54, 1.807) is 18.3 Å². The van der Waals surface area contributed by atoms with E-state index >= 15 is 0 Å². The minimum Gasteiger partial charge on any atom is -0.469 e. The molecule has 1 atom stereocenters. The number of esters is 1. The summed E-state index contributed by atoms with van der Waals surface area (Å²) >= 11 is 0. The van der Waals surface area contributed by atoms with E-state index in [2.05, 4.69) is 15.1 Å². The smallest absolute Gasteiger partial charge is 0.311 e. The number of carbonyl (C=O) groups excluding carboxylic acids is 3. The molecule has 1 aromatic heterocycles. The van der Waals surface area contributed by atoms with Crippen LogP contribution in [0, 0.1) is 5.92 Å². The van der Waals surface area contributed by atoms with Crippen molar-refractivity contribution in [3.63, 3.8) is 0 Å². The van der Waals surface area contributed by atoms with Crippen LogP contribution in [-0.4, -0.2) is 41.4 Å². The fraction of sp³-hybridized carbons (Fsp3) is 0.333. The van der Waals surface area contributed by atoms with Crippen molar-refractivity contribution in [2.24, 2.45) is 5.92 Å². The fourth-order valence-corrected chi connectivity index (χ4v) is 1.85. The number of hydrogen-bond acceptors (Lipinski definition) is 5. The van der Waals surface area contributed by atoms with Crippen LogP contribution in [0.2, 0.25) is 0 Å². The molecule has 2 amide bonds. The number of aromatic nitrogens is 1. The van der Waals surface area contributed by atoms with Gasteiger partial charge in [0.1, 0.15) is 0 Å². The summed E-state index contributed by atoms with van der Waals surface area (Å²) in [6, 6.07) is 3.21. The van der Waals surface area contributed by atoms with Gasteiger partial charge in [-0.05, 0) is 12.1 Å². The van der Waals surface area contributed by atoms with E-state index in [1.807, 2.05) is 0 Å². The molecule has 0 saturated carbocycles. The van der Waals surface area contributed by atoms with E-state index in [1.165, 1.54) is 13.3 Å². The average molecular weight is 263 g/mol. The maximum absolute atomic E-state index is 12.1. The Balaban J connectivity index is 2.14. The van der Waals surface area contributed by atoms with Gasteiger partial charge in [-0.2, -0.15) is 0 Å². The third-order valence-electron chi connectivity index (χ3n) is 2.78. The van der Waals surface area contributed by atoms with Gasteiger partial charge in [-0.3, -0.25) is 24.8 Å². The van der Waals surface area contributed by atoms with Crippen LogP contribution >= 0.6 is 0 Å². The van der Waals surface area contributed by atoms with E-state index in [9.17, 15) is 14.4 Å². The monoisotopic (exact) mass is 263 g/mol. The van der Waals surface area contributed by atoms with Crippen molar-refractivity contribution in [1.29, 1.82) is 0 Å². The first-order valence-corrected chi connectivity index (χ1v) is 5.71. The van der Waals surface area contributed by atoms with Gasteiger partial charge in [0.25, 0.3) is 5.91 Å². The third-order valence-corrected chi connectivity index (χ3v) is 2.78. The molecule has 0 aliphatic carbocycles. The van der Waals surface area contributed by atoms with Crippen molar-refractivity contribution in [3.8, 4) is 0 Å². The number of hydrazine groups is 1. The SMILES string of the molecule is COC(=O)C1CC(=O)NN(C(=O)c2cccnc2)C1. The van der Waals surface area contributed by atoms with Crippen LogP contribution in [0.25, 0.3) is 0 Å². The molecule has 2 heterocycles. The van der Waals surface area contributed by atoms with Crippen LogP contribution in [0.1, 0.15) is 16.8 Å². The molecule has 7 heteroatoms. The largest absolute Gasteiger partial charge is 0.469 e. The summed E-state index contributed by atoms with van der Waals surface area (Å²) in [5.74, 6) is -1.94. The van der Waals surface area contributed by atoms with Gasteiger partial charge in [0.15, 0.2) is 0 Å². The Kier molecular flexibility index (Phi) is 3.74. The lowest BCUT2D eigenvalue weighted by atomic mass is 10.0. The van der Waals surface area contributed by atoms with Crippen LogP contribution in [0.15, 0.2) is 24.5 Å². The number of carbonyl (C=O) groups is 3. The van der Waals surface area contributed by atoms with Gasteiger partial charge < -0.3 is 4.74 Å². The van der Waals surface area contributed by atoms with Crippen LogP contribution in [0.4, 0.5) is 0 Å². The Morgan fingerprint density at radius 1 is 1.53 bits per heavy atom. The molecule has 7 nitrogen and oxygen atoms in total. The van der Waals surface area contributed by atoms with Crippen molar-refractivity contribution in [3.05, 3.63) is 30.1 Å². The molecule has 100 valence electrons. The highest BCUT2D eigenvalue weighted by molar-refractivity contribution is 5.96. The summed E-state index contributed by atoms with van der Waals surface area (Å²) < 4.78 is 4.60. The molecule has 1 aliphatic heterocycles. The summed E-state index contributed by atoms with van der Waals surface area (Å²) in [4.78, 5) is 38.9. The van der Waals surface area contributed by atoms with Crippen molar-refractivity contribution >= 4 is 17.8 Å². The van der Waals surface area contributed by atoms with Gasteiger partial charge in [-0.25, -0.2) is 5.01 Å². The van der Waals surface area contributed by atoms with Crippen molar-refractivity contribution < 1.29 is 19.1 Å². The molecule has 1 saturated heterocycles. The Morgan fingerprint density at radius 2 is 2.32 bits per heavy atom. The predicted octanol–water partition coefficient (Wildman–Crippen LogP) is -0.252. The maximum Gasteiger partial charge on any atom is 0.311 e. The Labute approximate surface area is 109 Å². The number of pyridine rings is 1. The number of methoxy groups -OCH3 is 1. The molecule has 1 aliphatic rings. The zero-order valence-electron chi connectivity index (χ0n) is 10.3. The standard InChI is InChI=1S/C12H13N3O4/c1-19-12(18)9-5-10(16)14-15(7-9)11(17)8-3-2-4-13-6-8/h2-4,6,9H,5,7H2,1H3,(H,14,16). The Morgan fingerprint density at radius 3 is 2.95 bits per heavy atom. The predicted molar refractivity (Wildman–Crippen MR) is 63.5 cm³/mol. The van der Waals surface area contributed by atoms with Crippen LogP contribution in [0.3, 0.4) is 0 Å². The second-order valence-corrected chi connectivity index (χ2v) is 4.12. The lowest BCUT2D eigenvalue weighted by Crippen LogP contribution is -2.54. The molecule has 0 spiro atoms. The minimum atomic E-state index is -0.639. The van der Waals surface area contributed by atoms with Gasteiger partial charge in [0.05, 0.1) is 25.1 Å². The Hall–Kier alpha value is -2.44. The average Bonchev–Trinajstić information content (AvgIpc) is 2.45. The maximum atomic E-state index is 12.1. The molecule has 2 rings (SSSR count). The zero-order valence-corrected chi connectivity index (χ0v) is 10.3. The molecule has 1 unspecified atom stereocenters. The normalized spacial score (nSPS) is 18.7. The summed E-state index contributed by atoms with van der Waals surface area (Å²) in [7, 11) is 1.25. The first kappa shape index (κ1) is 13.0. The zero-order chi connectivity index (χ0) is 13.8. The molecular weight excluding hydrogens is 250 g/mol. The highest BCUT2D eigenvalue weighted by Crippen LogP contribution is 2.14. The van der Waals surface area contributed by atoms with Gasteiger partial charge in [0.2, 0.25) is 5.91 Å². The molecule has 0 bridgehead atoms. The first-order chi connectivity index (χ1) is 9.11. The fourth-order valence-electron chi connectivity index (χ4n) is 1.85. The molecule has 1 N–H and O–H groups in total. The number of amides is 2. The number of nitrogens with zero attached hydrogens (tertiary/aromatic N) is 2. The lowest BCUT2D eigenvalue weighted by Gasteiger charge is -2.31. The summed E-state index contributed by atoms with van der Waals surface area (Å²) in [5, 5.41) is 1.12. The summed E-state index contributed by atoms with van der Waals surface area (Å²) in [5.41, 5.74) is 2.77. The van der Waals surface area contributed by atoms with Crippen molar-refractivity contribution in [1.82, 2.24) is 15.4 Å². The molecule has 19 heavy (non-hydrogen) atoms. The van der Waals surface area contributed by atoms with Crippen molar-refractivity contribution in [2.45, 2.75) is 6.42 Å². The van der Waals surface area contributed by atoms with Gasteiger partial charge >= 0.3 is 5.97 Å². The van der Waals surface area contributed by atoms with Gasteiger partial charge in [0, 0.05) is 18.8 Å². The second kappa shape index (κ2) is 5.47.